The second kappa shape index (κ2) is 14.5. The molecule has 0 saturated heterocycles. The number of benzene rings is 3. The molecule has 3 aromatic carbocycles. The van der Waals surface area contributed by atoms with Crippen molar-refractivity contribution in [2.24, 2.45) is 0 Å². The van der Waals surface area contributed by atoms with Crippen molar-refractivity contribution in [3.63, 3.8) is 0 Å². The van der Waals surface area contributed by atoms with Gasteiger partial charge < -0.3 is 4.98 Å². The maximum Gasteiger partial charge on any atom is 0.152 e. The van der Waals surface area contributed by atoms with Crippen LogP contribution in [0.25, 0.3) is 0 Å². The van der Waals surface area contributed by atoms with Crippen LogP contribution in [0.15, 0.2) is 95.6 Å². The van der Waals surface area contributed by atoms with Crippen molar-refractivity contribution in [2.45, 2.75) is 45.9 Å². The summed E-state index contributed by atoms with van der Waals surface area (Å²) in [4.78, 5) is 7.48. The third kappa shape index (κ3) is 10.1. The molecular weight excluding hydrogens is 498 g/mol. The normalized spacial score (nSPS) is 10.7. The Hall–Kier alpha value is -2.92. The first-order chi connectivity index (χ1) is 17.0. The molecule has 2 nitrogen and oxygen atoms in total. The molecule has 0 atom stereocenters. The molecule has 1 N–H and O–H groups in total. The average molecular weight is 530 g/mol. The Morgan fingerprint density at radius 1 is 0.943 bits per heavy atom. The molecule has 35 heavy (non-hydrogen) atoms. The fourth-order valence-corrected chi connectivity index (χ4v) is 3.96. The van der Waals surface area contributed by atoms with Crippen molar-refractivity contribution in [1.29, 1.82) is 0 Å². The summed E-state index contributed by atoms with van der Waals surface area (Å²) >= 11 is 3.41. The van der Waals surface area contributed by atoms with Gasteiger partial charge in [-0.15, -0.1) is 0 Å². The molecule has 4 aromatic rings. The first kappa shape index (κ1) is 26.7. The Balaban J connectivity index is 0.000000211. The summed E-state index contributed by atoms with van der Waals surface area (Å²) in [5.41, 5.74) is 6.13. The van der Waals surface area contributed by atoms with Crippen molar-refractivity contribution in [2.75, 3.05) is 0 Å². The Morgan fingerprint density at radius 2 is 1.71 bits per heavy atom. The SMILES string of the molecule is Cc1ccccc1CCC=CCC[B]c1cccc(F)c1.Cc1cnc(Cc2ccc(Br)cc2)[nH]1. The molecule has 0 aliphatic heterocycles. The summed E-state index contributed by atoms with van der Waals surface area (Å²) in [6.07, 6.45) is 11.3. The first-order valence-electron chi connectivity index (χ1n) is 12.0. The largest absolute Gasteiger partial charge is 0.346 e. The van der Waals surface area contributed by atoms with E-state index in [1.165, 1.54) is 22.8 Å². The summed E-state index contributed by atoms with van der Waals surface area (Å²) in [5, 5.41) is 0. The number of aromatic nitrogens is 2. The van der Waals surface area contributed by atoms with Crippen LogP contribution in [0, 0.1) is 19.7 Å². The van der Waals surface area contributed by atoms with E-state index in [9.17, 15) is 4.39 Å². The van der Waals surface area contributed by atoms with Gasteiger partial charge in [0.05, 0.1) is 0 Å². The number of aryl methyl sites for hydroxylation is 3. The molecule has 179 valence electrons. The number of hydrogen-bond acceptors (Lipinski definition) is 1. The Morgan fingerprint density at radius 3 is 2.43 bits per heavy atom. The minimum atomic E-state index is -0.169. The van der Waals surface area contributed by atoms with Crippen LogP contribution in [0.3, 0.4) is 0 Å². The lowest BCUT2D eigenvalue weighted by atomic mass is 9.66. The number of nitrogens with one attached hydrogen (secondary N) is 1. The standard InChI is InChI=1S/C19H21BF.C11H11BrN2/c1-16-9-5-6-11-17(16)10-4-2-3-7-14-20-18-12-8-13-19(21)15-18;1-8-7-13-11(14-8)6-9-2-4-10(12)5-3-9/h2-3,5-6,8-9,11-13,15H,4,7,10,14H2,1H3;2-5,7H,6H2,1H3,(H,13,14). The van der Waals surface area contributed by atoms with Gasteiger partial charge in [-0.3, -0.25) is 0 Å². The van der Waals surface area contributed by atoms with Gasteiger partial charge in [0.2, 0.25) is 0 Å². The van der Waals surface area contributed by atoms with E-state index in [-0.39, 0.29) is 5.82 Å². The Kier molecular flexibility index (Phi) is 11.0. The molecule has 0 amide bonds. The molecular formula is C30H32BBrFN2. The smallest absolute Gasteiger partial charge is 0.152 e. The molecule has 0 aliphatic rings. The van der Waals surface area contributed by atoms with Crippen molar-refractivity contribution >= 4 is 28.7 Å². The van der Waals surface area contributed by atoms with Crippen molar-refractivity contribution in [1.82, 2.24) is 9.97 Å². The van der Waals surface area contributed by atoms with E-state index in [1.54, 1.807) is 12.1 Å². The van der Waals surface area contributed by atoms with Crippen molar-refractivity contribution < 1.29 is 4.39 Å². The lowest BCUT2D eigenvalue weighted by Crippen LogP contribution is -2.13. The molecule has 0 aliphatic carbocycles. The highest BCUT2D eigenvalue weighted by atomic mass is 79.9. The summed E-state index contributed by atoms with van der Waals surface area (Å²) in [5.74, 6) is 0.849. The highest BCUT2D eigenvalue weighted by Crippen LogP contribution is 2.13. The number of allylic oxidation sites excluding steroid dienone is 2. The van der Waals surface area contributed by atoms with Crippen LogP contribution in [0.5, 0.6) is 0 Å². The average Bonchev–Trinajstić information content (AvgIpc) is 3.26. The highest BCUT2D eigenvalue weighted by molar-refractivity contribution is 9.10. The number of nitrogens with zero attached hydrogens (tertiary/aromatic N) is 1. The van der Waals surface area contributed by atoms with Gasteiger partial charge in [0, 0.05) is 22.8 Å². The zero-order chi connectivity index (χ0) is 24.9. The number of H-pyrrole nitrogens is 1. The molecule has 0 unspecified atom stereocenters. The van der Waals surface area contributed by atoms with Gasteiger partial charge >= 0.3 is 0 Å². The second-order valence-corrected chi connectivity index (χ2v) is 9.50. The number of imidazole rings is 1. The first-order valence-corrected chi connectivity index (χ1v) is 12.8. The van der Waals surface area contributed by atoms with Crippen LogP contribution in [-0.2, 0) is 12.8 Å². The monoisotopic (exact) mass is 529 g/mol. The van der Waals surface area contributed by atoms with E-state index in [0.29, 0.717) is 0 Å². The lowest BCUT2D eigenvalue weighted by molar-refractivity contribution is 0.629. The summed E-state index contributed by atoms with van der Waals surface area (Å²) in [6, 6.07) is 23.6. The van der Waals surface area contributed by atoms with E-state index < -0.39 is 0 Å². The van der Waals surface area contributed by atoms with Gasteiger partial charge in [-0.05, 0) is 74.1 Å². The number of hydrogen-bond donors (Lipinski definition) is 1. The quantitative estimate of drug-likeness (QED) is 0.135. The Bertz CT molecular complexity index is 1200. The molecule has 5 heteroatoms. The number of halogens is 2. The Labute approximate surface area is 218 Å². The molecule has 0 fully saturated rings. The van der Waals surface area contributed by atoms with Crippen molar-refractivity contribution in [3.8, 4) is 0 Å². The fourth-order valence-electron chi connectivity index (χ4n) is 3.70. The summed E-state index contributed by atoms with van der Waals surface area (Å²) in [7, 11) is 2.08. The zero-order valence-corrected chi connectivity index (χ0v) is 22.1. The lowest BCUT2D eigenvalue weighted by Gasteiger charge is -2.02. The number of aromatic amines is 1. The predicted octanol–water partition coefficient (Wildman–Crippen LogP) is 7.53. The molecule has 0 spiro atoms. The number of rotatable bonds is 9. The molecule has 1 radical (unpaired) electrons. The summed E-state index contributed by atoms with van der Waals surface area (Å²) < 4.78 is 14.1. The minimum Gasteiger partial charge on any atom is -0.346 e. The predicted molar refractivity (Wildman–Crippen MR) is 150 cm³/mol. The van der Waals surface area contributed by atoms with Crippen molar-refractivity contribution in [3.05, 3.63) is 130 Å². The van der Waals surface area contributed by atoms with E-state index in [2.05, 4.69) is 88.7 Å². The van der Waals surface area contributed by atoms with Gasteiger partial charge in [0.25, 0.3) is 0 Å². The van der Waals surface area contributed by atoms with Crippen LogP contribution < -0.4 is 5.46 Å². The third-order valence-corrected chi connectivity index (χ3v) is 6.14. The van der Waals surface area contributed by atoms with E-state index in [0.717, 1.165) is 53.5 Å². The second-order valence-electron chi connectivity index (χ2n) is 8.59. The van der Waals surface area contributed by atoms with Crippen LogP contribution in [-0.4, -0.2) is 17.2 Å². The van der Waals surface area contributed by atoms with Gasteiger partial charge in [-0.2, -0.15) is 0 Å². The molecule has 1 aromatic heterocycles. The van der Waals surface area contributed by atoms with Crippen LogP contribution in [0.4, 0.5) is 4.39 Å². The van der Waals surface area contributed by atoms with Gasteiger partial charge in [0.15, 0.2) is 7.28 Å². The van der Waals surface area contributed by atoms with Crippen LogP contribution in [0.1, 0.15) is 41.1 Å². The van der Waals surface area contributed by atoms with E-state index >= 15 is 0 Å². The minimum absolute atomic E-state index is 0.169. The van der Waals surface area contributed by atoms with Gasteiger partial charge in [0.1, 0.15) is 11.6 Å². The van der Waals surface area contributed by atoms with E-state index in [1.807, 2.05) is 31.3 Å². The zero-order valence-electron chi connectivity index (χ0n) is 20.5. The van der Waals surface area contributed by atoms with Crippen LogP contribution in [0.2, 0.25) is 6.32 Å². The highest BCUT2D eigenvalue weighted by Gasteiger charge is 1.99. The fraction of sp³-hybridized carbons (Fsp3) is 0.233. The van der Waals surface area contributed by atoms with E-state index in [4.69, 9.17) is 0 Å². The maximum absolute atomic E-state index is 13.0. The molecule has 0 bridgehead atoms. The van der Waals surface area contributed by atoms with Crippen LogP contribution >= 0.6 is 15.9 Å². The van der Waals surface area contributed by atoms with Gasteiger partial charge in [-0.25, -0.2) is 9.37 Å². The summed E-state index contributed by atoms with van der Waals surface area (Å²) in [6.45, 7) is 4.17. The topological polar surface area (TPSA) is 28.7 Å². The molecule has 1 heterocycles. The molecule has 4 rings (SSSR count). The third-order valence-electron chi connectivity index (χ3n) is 5.61. The molecule has 0 saturated carbocycles. The maximum atomic E-state index is 13.0. The van der Waals surface area contributed by atoms with Gasteiger partial charge in [-0.1, -0.05) is 88.4 Å².